The highest BCUT2D eigenvalue weighted by atomic mass is 79.9. The Morgan fingerprint density at radius 3 is 2.60 bits per heavy atom. The van der Waals surface area contributed by atoms with Gasteiger partial charge in [-0.25, -0.2) is 4.79 Å². The number of rotatable bonds is 2. The molecule has 1 aliphatic heterocycles. The average Bonchev–Trinajstić information content (AvgIpc) is 2.47. The van der Waals surface area contributed by atoms with Gasteiger partial charge in [-0.1, -0.05) is 58.4 Å². The van der Waals surface area contributed by atoms with Crippen molar-refractivity contribution in [2.24, 2.45) is 0 Å². The van der Waals surface area contributed by atoms with Crippen molar-refractivity contribution in [2.75, 3.05) is 0 Å². The Morgan fingerprint density at radius 2 is 1.85 bits per heavy atom. The van der Waals surface area contributed by atoms with Gasteiger partial charge in [0.2, 0.25) is 0 Å². The lowest BCUT2D eigenvalue weighted by Gasteiger charge is -2.23. The molecule has 0 bridgehead atoms. The van der Waals surface area contributed by atoms with E-state index in [0.717, 1.165) is 21.2 Å². The van der Waals surface area contributed by atoms with Gasteiger partial charge < -0.3 is 4.74 Å². The number of hydrogen-bond donors (Lipinski definition) is 0. The number of benzene rings is 2. The Hall–Kier alpha value is -1.87. The van der Waals surface area contributed by atoms with Gasteiger partial charge in [0.15, 0.2) is 0 Å². The van der Waals surface area contributed by atoms with E-state index in [1.165, 1.54) is 0 Å². The monoisotopic (exact) mass is 328 g/mol. The second-order valence-corrected chi connectivity index (χ2v) is 5.64. The molecule has 0 radical (unpaired) electrons. The number of halogens is 1. The van der Waals surface area contributed by atoms with Gasteiger partial charge in [-0.05, 0) is 28.8 Å². The fourth-order valence-corrected chi connectivity index (χ4v) is 2.78. The molecule has 100 valence electrons. The SMILES string of the molecule is O=C1C=C(c2ccccc2)C[C@H](c2cccc(Br)c2)O1. The zero-order chi connectivity index (χ0) is 13.9. The highest BCUT2D eigenvalue weighted by Crippen LogP contribution is 2.34. The molecular weight excluding hydrogens is 316 g/mol. The van der Waals surface area contributed by atoms with E-state index in [4.69, 9.17) is 4.74 Å². The van der Waals surface area contributed by atoms with Crippen molar-refractivity contribution in [3.63, 3.8) is 0 Å². The van der Waals surface area contributed by atoms with Crippen LogP contribution in [0.1, 0.15) is 23.7 Å². The summed E-state index contributed by atoms with van der Waals surface area (Å²) < 4.78 is 6.43. The smallest absolute Gasteiger partial charge is 0.331 e. The summed E-state index contributed by atoms with van der Waals surface area (Å²) in [6, 6.07) is 17.8. The van der Waals surface area contributed by atoms with Crippen molar-refractivity contribution in [3.05, 3.63) is 76.3 Å². The van der Waals surface area contributed by atoms with Crippen LogP contribution < -0.4 is 0 Å². The zero-order valence-electron chi connectivity index (χ0n) is 10.8. The number of carbonyl (C=O) groups is 1. The minimum absolute atomic E-state index is 0.222. The molecule has 0 aliphatic carbocycles. The van der Waals surface area contributed by atoms with E-state index in [0.29, 0.717) is 6.42 Å². The molecule has 0 saturated carbocycles. The van der Waals surface area contributed by atoms with Crippen LogP contribution >= 0.6 is 15.9 Å². The molecule has 20 heavy (non-hydrogen) atoms. The third-order valence-electron chi connectivity index (χ3n) is 3.32. The summed E-state index contributed by atoms with van der Waals surface area (Å²) in [4.78, 5) is 11.8. The molecule has 2 aromatic rings. The Labute approximate surface area is 126 Å². The molecule has 0 spiro atoms. The largest absolute Gasteiger partial charge is 0.454 e. The van der Waals surface area contributed by atoms with Crippen molar-refractivity contribution >= 4 is 27.5 Å². The molecular formula is C17H13BrO2. The lowest BCUT2D eigenvalue weighted by Crippen LogP contribution is -2.15. The fraction of sp³-hybridized carbons (Fsp3) is 0.118. The molecule has 0 amide bonds. The van der Waals surface area contributed by atoms with Crippen molar-refractivity contribution in [1.29, 1.82) is 0 Å². The Balaban J connectivity index is 1.91. The molecule has 3 heteroatoms. The van der Waals surface area contributed by atoms with Gasteiger partial charge in [-0.15, -0.1) is 0 Å². The van der Waals surface area contributed by atoms with Crippen LogP contribution in [-0.2, 0) is 9.53 Å². The van der Waals surface area contributed by atoms with Crippen molar-refractivity contribution in [3.8, 4) is 0 Å². The second kappa shape index (κ2) is 5.63. The third kappa shape index (κ3) is 2.83. The van der Waals surface area contributed by atoms with E-state index in [1.54, 1.807) is 6.08 Å². The Bertz CT molecular complexity index is 662. The summed E-state index contributed by atoms with van der Waals surface area (Å²) in [6.07, 6.45) is 2.07. The molecule has 0 N–H and O–H groups in total. The van der Waals surface area contributed by atoms with E-state index in [-0.39, 0.29) is 12.1 Å². The molecule has 1 atom stereocenters. The first-order valence-corrected chi connectivity index (χ1v) is 7.24. The van der Waals surface area contributed by atoms with Crippen LogP contribution in [0.2, 0.25) is 0 Å². The summed E-state index contributed by atoms with van der Waals surface area (Å²) in [7, 11) is 0. The highest BCUT2D eigenvalue weighted by Gasteiger charge is 2.23. The summed E-state index contributed by atoms with van der Waals surface area (Å²) in [5.41, 5.74) is 3.10. The third-order valence-corrected chi connectivity index (χ3v) is 3.81. The van der Waals surface area contributed by atoms with E-state index in [1.807, 2.05) is 54.6 Å². The standard InChI is InChI=1S/C17H13BrO2/c18-15-8-4-7-13(9-15)16-10-14(11-17(19)20-16)12-5-2-1-3-6-12/h1-9,11,16H,10H2/t16-/m1/s1. The summed E-state index contributed by atoms with van der Waals surface area (Å²) >= 11 is 3.45. The van der Waals surface area contributed by atoms with Crippen LogP contribution in [0.5, 0.6) is 0 Å². The van der Waals surface area contributed by atoms with Crippen LogP contribution in [0, 0.1) is 0 Å². The lowest BCUT2D eigenvalue weighted by molar-refractivity contribution is -0.144. The summed E-state index contributed by atoms with van der Waals surface area (Å²) in [5.74, 6) is -0.278. The number of hydrogen-bond acceptors (Lipinski definition) is 2. The molecule has 0 fully saturated rings. The van der Waals surface area contributed by atoms with Crippen LogP contribution in [0.3, 0.4) is 0 Å². The van der Waals surface area contributed by atoms with Crippen LogP contribution in [0.25, 0.3) is 5.57 Å². The van der Waals surface area contributed by atoms with E-state index >= 15 is 0 Å². The predicted molar refractivity (Wildman–Crippen MR) is 82.0 cm³/mol. The molecule has 0 aromatic heterocycles. The molecule has 1 heterocycles. The molecule has 2 nitrogen and oxygen atoms in total. The number of esters is 1. The first-order valence-electron chi connectivity index (χ1n) is 6.44. The van der Waals surface area contributed by atoms with Gasteiger partial charge in [0, 0.05) is 17.0 Å². The van der Waals surface area contributed by atoms with Crippen LogP contribution in [0.4, 0.5) is 0 Å². The minimum Gasteiger partial charge on any atom is -0.454 e. The van der Waals surface area contributed by atoms with Gasteiger partial charge in [0.25, 0.3) is 0 Å². The average molecular weight is 329 g/mol. The summed E-state index contributed by atoms with van der Waals surface area (Å²) in [6.45, 7) is 0. The van der Waals surface area contributed by atoms with Gasteiger partial charge in [0.1, 0.15) is 6.10 Å². The summed E-state index contributed by atoms with van der Waals surface area (Å²) in [5, 5.41) is 0. The van der Waals surface area contributed by atoms with Gasteiger partial charge in [-0.2, -0.15) is 0 Å². The van der Waals surface area contributed by atoms with Crippen LogP contribution in [-0.4, -0.2) is 5.97 Å². The van der Waals surface area contributed by atoms with E-state index in [9.17, 15) is 4.79 Å². The minimum atomic E-state index is -0.278. The molecule has 3 rings (SSSR count). The first kappa shape index (κ1) is 13.1. The maximum Gasteiger partial charge on any atom is 0.331 e. The maximum absolute atomic E-state index is 11.8. The highest BCUT2D eigenvalue weighted by molar-refractivity contribution is 9.10. The number of carbonyl (C=O) groups excluding carboxylic acids is 1. The zero-order valence-corrected chi connectivity index (χ0v) is 12.3. The van der Waals surface area contributed by atoms with Crippen LogP contribution in [0.15, 0.2) is 65.1 Å². The normalized spacial score (nSPS) is 18.4. The second-order valence-electron chi connectivity index (χ2n) is 4.72. The fourth-order valence-electron chi connectivity index (χ4n) is 2.36. The lowest BCUT2D eigenvalue weighted by atomic mass is 9.94. The Kier molecular flexibility index (Phi) is 3.70. The van der Waals surface area contributed by atoms with Crippen molar-refractivity contribution in [1.82, 2.24) is 0 Å². The Morgan fingerprint density at radius 1 is 1.05 bits per heavy atom. The maximum atomic E-state index is 11.8. The van der Waals surface area contributed by atoms with Gasteiger partial charge in [-0.3, -0.25) is 0 Å². The molecule has 1 aliphatic rings. The number of cyclic esters (lactones) is 1. The predicted octanol–water partition coefficient (Wildman–Crippen LogP) is 4.52. The quantitative estimate of drug-likeness (QED) is 0.757. The van der Waals surface area contributed by atoms with Gasteiger partial charge in [0.05, 0.1) is 0 Å². The van der Waals surface area contributed by atoms with E-state index < -0.39 is 0 Å². The van der Waals surface area contributed by atoms with Crippen molar-refractivity contribution in [2.45, 2.75) is 12.5 Å². The van der Waals surface area contributed by atoms with Crippen molar-refractivity contribution < 1.29 is 9.53 Å². The van der Waals surface area contributed by atoms with Gasteiger partial charge >= 0.3 is 5.97 Å². The molecule has 2 aromatic carbocycles. The number of ether oxygens (including phenoxy) is 1. The van der Waals surface area contributed by atoms with E-state index in [2.05, 4.69) is 15.9 Å². The topological polar surface area (TPSA) is 26.3 Å². The molecule has 0 unspecified atom stereocenters. The first-order chi connectivity index (χ1) is 9.72. The molecule has 0 saturated heterocycles.